The summed E-state index contributed by atoms with van der Waals surface area (Å²) < 4.78 is 11.2. The Morgan fingerprint density at radius 3 is 1.67 bits per heavy atom. The molecule has 4 rings (SSSR count). The van der Waals surface area contributed by atoms with Gasteiger partial charge in [-0.25, -0.2) is 0 Å². The van der Waals surface area contributed by atoms with Crippen molar-refractivity contribution in [2.45, 2.75) is 50.6 Å². The van der Waals surface area contributed by atoms with Crippen molar-refractivity contribution in [1.82, 2.24) is 10.6 Å². The third kappa shape index (κ3) is 4.68. The van der Waals surface area contributed by atoms with Gasteiger partial charge in [0.2, 0.25) is 0 Å². The Labute approximate surface area is 179 Å². The fourth-order valence-corrected chi connectivity index (χ4v) is 4.67. The number of carbonyl (C=O) groups excluding carboxylic acids is 1. The first-order valence-electron chi connectivity index (χ1n) is 11.0. The van der Waals surface area contributed by atoms with Gasteiger partial charge >= 0.3 is 0 Å². The Morgan fingerprint density at radius 2 is 1.30 bits per heavy atom. The van der Waals surface area contributed by atoms with Crippen LogP contribution in [0.15, 0.2) is 36.4 Å². The summed E-state index contributed by atoms with van der Waals surface area (Å²) in [6, 6.07) is 12.6. The molecule has 0 aliphatic carbocycles. The maximum Gasteiger partial charge on any atom is 0.193 e. The molecule has 0 bridgehead atoms. The number of methoxy groups -OCH3 is 2. The summed E-state index contributed by atoms with van der Waals surface area (Å²) in [6.07, 6.45) is 6.67. The lowest BCUT2D eigenvalue weighted by Gasteiger charge is -2.16. The van der Waals surface area contributed by atoms with E-state index in [0.717, 1.165) is 48.6 Å². The summed E-state index contributed by atoms with van der Waals surface area (Å²) >= 11 is 0. The lowest BCUT2D eigenvalue weighted by atomic mass is 9.96. The Kier molecular flexibility index (Phi) is 6.70. The van der Waals surface area contributed by atoms with Crippen molar-refractivity contribution in [2.24, 2.45) is 0 Å². The van der Waals surface area contributed by atoms with Gasteiger partial charge in [0, 0.05) is 23.2 Å². The first-order valence-corrected chi connectivity index (χ1v) is 11.0. The molecule has 5 nitrogen and oxygen atoms in total. The highest BCUT2D eigenvalue weighted by atomic mass is 16.5. The summed E-state index contributed by atoms with van der Waals surface area (Å²) in [6.45, 7) is 2.16. The zero-order chi connectivity index (χ0) is 20.9. The summed E-state index contributed by atoms with van der Waals surface area (Å²) in [4.78, 5) is 13.2. The van der Waals surface area contributed by atoms with Crippen LogP contribution < -0.4 is 20.1 Å². The molecule has 2 N–H and O–H groups in total. The number of hydrogen-bond acceptors (Lipinski definition) is 5. The van der Waals surface area contributed by atoms with Gasteiger partial charge in [-0.2, -0.15) is 0 Å². The molecule has 2 atom stereocenters. The molecule has 30 heavy (non-hydrogen) atoms. The number of rotatable bonds is 8. The van der Waals surface area contributed by atoms with Gasteiger partial charge in [0.25, 0.3) is 0 Å². The molecular weight excluding hydrogens is 376 g/mol. The van der Waals surface area contributed by atoms with Gasteiger partial charge in [0.05, 0.1) is 14.2 Å². The number of ketones is 1. The molecule has 2 aliphatic rings. The molecule has 2 saturated heterocycles. The van der Waals surface area contributed by atoms with Crippen LogP contribution in [0.5, 0.6) is 11.5 Å². The van der Waals surface area contributed by atoms with E-state index in [-0.39, 0.29) is 5.78 Å². The molecule has 2 unspecified atom stereocenters. The normalized spacial score (nSPS) is 21.0. The van der Waals surface area contributed by atoms with Crippen LogP contribution in [0.25, 0.3) is 0 Å². The quantitative estimate of drug-likeness (QED) is 0.655. The summed E-state index contributed by atoms with van der Waals surface area (Å²) in [5.74, 6) is 1.55. The summed E-state index contributed by atoms with van der Waals surface area (Å²) in [5, 5.41) is 7.04. The van der Waals surface area contributed by atoms with Crippen LogP contribution in [0.4, 0.5) is 0 Å². The van der Waals surface area contributed by atoms with Crippen molar-refractivity contribution in [3.63, 3.8) is 0 Å². The van der Waals surface area contributed by atoms with Crippen molar-refractivity contribution in [3.05, 3.63) is 58.7 Å². The first kappa shape index (κ1) is 20.9. The Bertz CT molecular complexity index is 812. The van der Waals surface area contributed by atoms with Gasteiger partial charge in [-0.1, -0.05) is 24.3 Å². The number of hydrogen-bond donors (Lipinski definition) is 2. The Balaban J connectivity index is 1.52. The highest BCUT2D eigenvalue weighted by Gasteiger charge is 2.20. The van der Waals surface area contributed by atoms with Gasteiger partial charge in [-0.15, -0.1) is 0 Å². The van der Waals surface area contributed by atoms with E-state index >= 15 is 0 Å². The smallest absolute Gasteiger partial charge is 0.193 e. The van der Waals surface area contributed by atoms with E-state index in [4.69, 9.17) is 9.47 Å². The molecule has 2 aliphatic heterocycles. The van der Waals surface area contributed by atoms with Crippen LogP contribution in [0.2, 0.25) is 0 Å². The maximum absolute atomic E-state index is 13.2. The maximum atomic E-state index is 13.2. The molecule has 0 amide bonds. The second-order valence-electron chi connectivity index (χ2n) is 8.38. The second kappa shape index (κ2) is 9.63. The highest BCUT2D eigenvalue weighted by Crippen LogP contribution is 2.28. The predicted octanol–water partition coefficient (Wildman–Crippen LogP) is 3.52. The number of carbonyl (C=O) groups is 1. The number of benzene rings is 2. The van der Waals surface area contributed by atoms with E-state index in [1.54, 1.807) is 14.2 Å². The van der Waals surface area contributed by atoms with Crippen LogP contribution >= 0.6 is 0 Å². The fraction of sp³-hybridized carbons (Fsp3) is 0.480. The molecular formula is C25H32N2O3. The molecule has 0 spiro atoms. The van der Waals surface area contributed by atoms with Crippen LogP contribution in [0, 0.1) is 0 Å². The lowest BCUT2D eigenvalue weighted by molar-refractivity contribution is 0.103. The Hall–Kier alpha value is -2.37. The lowest BCUT2D eigenvalue weighted by Crippen LogP contribution is -2.24. The minimum atomic E-state index is -0.0114. The molecule has 2 aromatic rings. The van der Waals surface area contributed by atoms with Crippen molar-refractivity contribution in [1.29, 1.82) is 0 Å². The van der Waals surface area contributed by atoms with Gasteiger partial charge in [-0.05, 0) is 74.9 Å². The van der Waals surface area contributed by atoms with Gasteiger partial charge in [-0.3, -0.25) is 4.79 Å². The molecule has 0 aromatic heterocycles. The van der Waals surface area contributed by atoms with Gasteiger partial charge < -0.3 is 20.1 Å². The average Bonchev–Trinajstić information content (AvgIpc) is 3.48. The van der Waals surface area contributed by atoms with Crippen molar-refractivity contribution >= 4 is 5.78 Å². The molecule has 2 fully saturated rings. The van der Waals surface area contributed by atoms with E-state index in [1.807, 2.05) is 36.4 Å². The molecule has 0 radical (unpaired) electrons. The molecule has 5 heteroatoms. The van der Waals surface area contributed by atoms with Gasteiger partial charge in [0.1, 0.15) is 11.5 Å². The van der Waals surface area contributed by atoms with E-state index in [9.17, 15) is 4.79 Å². The van der Waals surface area contributed by atoms with Crippen LogP contribution in [-0.4, -0.2) is 45.2 Å². The number of ether oxygens (including phenoxy) is 2. The molecule has 2 heterocycles. The fourth-order valence-electron chi connectivity index (χ4n) is 4.67. The van der Waals surface area contributed by atoms with Gasteiger partial charge in [0.15, 0.2) is 5.78 Å². The summed E-state index contributed by atoms with van der Waals surface area (Å²) in [5.41, 5.74) is 3.57. The topological polar surface area (TPSA) is 59.6 Å². The third-order valence-electron chi connectivity index (χ3n) is 6.36. The second-order valence-corrected chi connectivity index (χ2v) is 8.38. The van der Waals surface area contributed by atoms with E-state index in [0.29, 0.717) is 23.2 Å². The minimum Gasteiger partial charge on any atom is -0.496 e. The summed E-state index contributed by atoms with van der Waals surface area (Å²) in [7, 11) is 3.34. The van der Waals surface area contributed by atoms with Crippen LogP contribution in [-0.2, 0) is 12.8 Å². The zero-order valence-corrected chi connectivity index (χ0v) is 18.0. The largest absolute Gasteiger partial charge is 0.496 e. The third-order valence-corrected chi connectivity index (χ3v) is 6.36. The standard InChI is InChI=1S/C25H32N2O3/c1-29-23-15-19(9-7-17(23)13-21-5-3-11-26-21)25(28)20-10-8-18(24(16-20)30-2)14-22-6-4-12-27-22/h7-10,15-16,21-22,26-27H,3-6,11-14H2,1-2H3. The van der Waals surface area contributed by atoms with E-state index in [1.165, 1.54) is 25.7 Å². The van der Waals surface area contributed by atoms with Crippen LogP contribution in [0.1, 0.15) is 52.7 Å². The van der Waals surface area contributed by atoms with E-state index < -0.39 is 0 Å². The Morgan fingerprint density at radius 1 is 0.833 bits per heavy atom. The SMILES string of the molecule is COc1cc(C(=O)c2ccc(CC3CCCN3)c(OC)c2)ccc1CC1CCCN1. The van der Waals surface area contributed by atoms with Crippen molar-refractivity contribution < 1.29 is 14.3 Å². The molecule has 2 aromatic carbocycles. The minimum absolute atomic E-state index is 0.0114. The van der Waals surface area contributed by atoms with E-state index in [2.05, 4.69) is 10.6 Å². The highest BCUT2D eigenvalue weighted by molar-refractivity contribution is 6.09. The monoisotopic (exact) mass is 408 g/mol. The zero-order valence-electron chi connectivity index (χ0n) is 18.0. The number of nitrogens with one attached hydrogen (secondary N) is 2. The van der Waals surface area contributed by atoms with Crippen molar-refractivity contribution in [3.8, 4) is 11.5 Å². The predicted molar refractivity (Wildman–Crippen MR) is 119 cm³/mol. The molecule has 0 saturated carbocycles. The average molecular weight is 409 g/mol. The van der Waals surface area contributed by atoms with Crippen molar-refractivity contribution in [2.75, 3.05) is 27.3 Å². The van der Waals surface area contributed by atoms with Crippen LogP contribution in [0.3, 0.4) is 0 Å². The first-order chi connectivity index (χ1) is 14.7. The molecule has 160 valence electrons.